The Balaban J connectivity index is 1.70. The summed E-state index contributed by atoms with van der Waals surface area (Å²) in [5.74, 6) is 0. The van der Waals surface area contributed by atoms with Crippen molar-refractivity contribution in [3.63, 3.8) is 0 Å². The van der Waals surface area contributed by atoms with Crippen LogP contribution in [0.3, 0.4) is 0 Å². The molecule has 0 fully saturated rings. The van der Waals surface area contributed by atoms with E-state index in [9.17, 15) is 0 Å². The van der Waals surface area contributed by atoms with Crippen LogP contribution in [-0.2, 0) is 16.8 Å². The second kappa shape index (κ2) is 5.72. The quantitative estimate of drug-likeness (QED) is 0.589. The predicted octanol–water partition coefficient (Wildman–Crippen LogP) is 5.68. The molecule has 1 nitrogen and oxygen atoms in total. The molecule has 122 valence electrons. The minimum atomic E-state index is -0.371. The summed E-state index contributed by atoms with van der Waals surface area (Å²) in [4.78, 5) is 0. The molecule has 2 atom stereocenters. The van der Waals surface area contributed by atoms with Crippen LogP contribution in [0, 0.1) is 0 Å². The van der Waals surface area contributed by atoms with Gasteiger partial charge in [-0.2, -0.15) is 0 Å². The van der Waals surface area contributed by atoms with Crippen molar-refractivity contribution < 1.29 is 4.74 Å². The fraction of sp³-hybridized carbons (Fsp3) is 0.167. The fourth-order valence-corrected chi connectivity index (χ4v) is 4.26. The van der Waals surface area contributed by atoms with Gasteiger partial charge >= 0.3 is 0 Å². The lowest BCUT2D eigenvalue weighted by atomic mass is 9.75. The third-order valence-electron chi connectivity index (χ3n) is 5.43. The van der Waals surface area contributed by atoms with Gasteiger partial charge in [0.2, 0.25) is 0 Å². The van der Waals surface area contributed by atoms with Crippen molar-refractivity contribution in [1.82, 2.24) is 0 Å². The normalized spacial score (nSPS) is 24.3. The molecule has 1 heteroatoms. The van der Waals surface area contributed by atoms with Crippen LogP contribution in [0.5, 0.6) is 0 Å². The molecule has 0 saturated carbocycles. The van der Waals surface area contributed by atoms with Crippen LogP contribution in [0.25, 0.3) is 5.57 Å². The minimum Gasteiger partial charge on any atom is -0.358 e. The first-order valence-corrected chi connectivity index (χ1v) is 8.92. The molecular formula is C24H20O. The van der Waals surface area contributed by atoms with E-state index in [0.717, 1.165) is 12.8 Å². The largest absolute Gasteiger partial charge is 0.358 e. The number of hydrogen-bond acceptors (Lipinski definition) is 1. The Labute approximate surface area is 148 Å². The van der Waals surface area contributed by atoms with Gasteiger partial charge in [0.05, 0.1) is 6.10 Å². The smallest absolute Gasteiger partial charge is 0.117 e. The Morgan fingerprint density at radius 2 is 1.44 bits per heavy atom. The summed E-state index contributed by atoms with van der Waals surface area (Å²) < 4.78 is 6.70. The molecule has 2 aliphatic rings. The SMILES string of the molecule is C1=C(c2ccccc2)CC2OC1(c1ccccc1)Cc1ccccc12. The maximum atomic E-state index is 6.70. The first kappa shape index (κ1) is 14.7. The molecular weight excluding hydrogens is 304 g/mol. The molecule has 0 radical (unpaired) electrons. The van der Waals surface area contributed by atoms with Gasteiger partial charge in [0.25, 0.3) is 0 Å². The summed E-state index contributed by atoms with van der Waals surface area (Å²) in [5.41, 5.74) is 6.30. The molecule has 3 aromatic rings. The average Bonchev–Trinajstić information content (AvgIpc) is 2.69. The summed E-state index contributed by atoms with van der Waals surface area (Å²) in [5, 5.41) is 0. The molecule has 0 aliphatic carbocycles. The van der Waals surface area contributed by atoms with E-state index in [4.69, 9.17) is 4.74 Å². The summed E-state index contributed by atoms with van der Waals surface area (Å²) in [7, 11) is 0. The molecule has 0 amide bonds. The van der Waals surface area contributed by atoms with Gasteiger partial charge in [0.1, 0.15) is 5.60 Å². The van der Waals surface area contributed by atoms with Crippen LogP contribution in [0.2, 0.25) is 0 Å². The van der Waals surface area contributed by atoms with E-state index < -0.39 is 0 Å². The van der Waals surface area contributed by atoms with E-state index in [2.05, 4.69) is 91.0 Å². The molecule has 2 aliphatic heterocycles. The summed E-state index contributed by atoms with van der Waals surface area (Å²) >= 11 is 0. The van der Waals surface area contributed by atoms with Gasteiger partial charge in [0.15, 0.2) is 0 Å². The Kier molecular flexibility index (Phi) is 3.36. The fourth-order valence-electron chi connectivity index (χ4n) is 4.26. The van der Waals surface area contributed by atoms with E-state index in [1.807, 2.05) is 0 Å². The molecule has 2 bridgehead atoms. The van der Waals surface area contributed by atoms with E-state index >= 15 is 0 Å². The van der Waals surface area contributed by atoms with Crippen LogP contribution < -0.4 is 0 Å². The third kappa shape index (κ3) is 2.43. The third-order valence-corrected chi connectivity index (χ3v) is 5.43. The van der Waals surface area contributed by atoms with Gasteiger partial charge in [-0.1, -0.05) is 84.9 Å². The highest BCUT2D eigenvalue weighted by molar-refractivity contribution is 5.69. The zero-order valence-electron chi connectivity index (χ0n) is 14.1. The van der Waals surface area contributed by atoms with Crippen LogP contribution in [-0.4, -0.2) is 0 Å². The van der Waals surface area contributed by atoms with Gasteiger partial charge in [-0.25, -0.2) is 0 Å². The van der Waals surface area contributed by atoms with Crippen LogP contribution >= 0.6 is 0 Å². The van der Waals surface area contributed by atoms with Gasteiger partial charge in [0, 0.05) is 12.8 Å². The van der Waals surface area contributed by atoms with Crippen LogP contribution in [0.4, 0.5) is 0 Å². The van der Waals surface area contributed by atoms with Gasteiger partial charge in [-0.3, -0.25) is 0 Å². The summed E-state index contributed by atoms with van der Waals surface area (Å²) in [6.45, 7) is 0. The molecule has 2 heterocycles. The number of fused-ring (bicyclic) bond motifs is 4. The lowest BCUT2D eigenvalue weighted by Gasteiger charge is -2.45. The maximum absolute atomic E-state index is 6.70. The Morgan fingerprint density at radius 3 is 2.24 bits per heavy atom. The first-order valence-electron chi connectivity index (χ1n) is 8.92. The topological polar surface area (TPSA) is 9.23 Å². The number of rotatable bonds is 2. The van der Waals surface area contributed by atoms with E-state index in [0.29, 0.717) is 0 Å². The molecule has 0 saturated heterocycles. The highest BCUT2D eigenvalue weighted by Crippen LogP contribution is 2.50. The van der Waals surface area contributed by atoms with E-state index in [1.54, 1.807) is 0 Å². The van der Waals surface area contributed by atoms with Crippen LogP contribution in [0.1, 0.15) is 34.8 Å². The molecule has 5 rings (SSSR count). The van der Waals surface area contributed by atoms with Crippen molar-refractivity contribution >= 4 is 5.57 Å². The molecule has 25 heavy (non-hydrogen) atoms. The Bertz CT molecular complexity index is 927. The molecule has 0 spiro atoms. The van der Waals surface area contributed by atoms with Crippen molar-refractivity contribution in [3.05, 3.63) is 113 Å². The van der Waals surface area contributed by atoms with Crippen molar-refractivity contribution in [1.29, 1.82) is 0 Å². The maximum Gasteiger partial charge on any atom is 0.117 e. The van der Waals surface area contributed by atoms with Crippen molar-refractivity contribution in [3.8, 4) is 0 Å². The van der Waals surface area contributed by atoms with Gasteiger partial charge < -0.3 is 4.74 Å². The highest BCUT2D eigenvalue weighted by atomic mass is 16.5. The predicted molar refractivity (Wildman–Crippen MR) is 101 cm³/mol. The zero-order valence-corrected chi connectivity index (χ0v) is 14.1. The van der Waals surface area contributed by atoms with Crippen LogP contribution in [0.15, 0.2) is 91.0 Å². The van der Waals surface area contributed by atoms with Gasteiger partial charge in [-0.15, -0.1) is 0 Å². The standard InChI is InChI=1S/C24H20O/c1-3-9-18(10-4-1)20-15-23-22-14-8-7-11-19(22)16-24(17-20,25-23)21-12-5-2-6-13-21/h1-14,17,23H,15-16H2. The van der Waals surface area contributed by atoms with E-state index in [-0.39, 0.29) is 11.7 Å². The second-order valence-corrected chi connectivity index (χ2v) is 6.98. The highest BCUT2D eigenvalue weighted by Gasteiger charge is 2.43. The lowest BCUT2D eigenvalue weighted by molar-refractivity contribution is -0.0867. The molecule has 2 unspecified atom stereocenters. The molecule has 3 aromatic carbocycles. The minimum absolute atomic E-state index is 0.116. The van der Waals surface area contributed by atoms with Crippen molar-refractivity contribution in [2.75, 3.05) is 0 Å². The molecule has 0 N–H and O–H groups in total. The average molecular weight is 324 g/mol. The summed E-state index contributed by atoms with van der Waals surface area (Å²) in [6, 6.07) is 30.1. The van der Waals surface area contributed by atoms with Crippen molar-refractivity contribution in [2.24, 2.45) is 0 Å². The number of benzene rings is 3. The Morgan fingerprint density at radius 1 is 0.760 bits per heavy atom. The van der Waals surface area contributed by atoms with Gasteiger partial charge in [-0.05, 0) is 33.9 Å². The monoisotopic (exact) mass is 324 g/mol. The lowest BCUT2D eigenvalue weighted by Crippen LogP contribution is -2.39. The number of hydrogen-bond donors (Lipinski definition) is 0. The zero-order chi connectivity index (χ0) is 16.7. The van der Waals surface area contributed by atoms with Crippen molar-refractivity contribution in [2.45, 2.75) is 24.5 Å². The van der Waals surface area contributed by atoms with E-state index in [1.165, 1.54) is 27.8 Å². The molecule has 0 aromatic heterocycles. The first-order chi connectivity index (χ1) is 12.3. The number of ether oxygens (including phenoxy) is 1. The Hall–Kier alpha value is -2.64. The summed E-state index contributed by atoms with van der Waals surface area (Å²) in [6.07, 6.45) is 4.30. The second-order valence-electron chi connectivity index (χ2n) is 6.98.